The third-order valence-corrected chi connectivity index (χ3v) is 7.68. The second-order valence-electron chi connectivity index (χ2n) is 10.5. The maximum absolute atomic E-state index is 13.7. The van der Waals surface area contributed by atoms with Crippen molar-refractivity contribution in [2.24, 2.45) is 0 Å². The third-order valence-electron chi connectivity index (χ3n) is 7.68. The molecular weight excluding hydrogens is 547 g/mol. The van der Waals surface area contributed by atoms with Gasteiger partial charge >= 0.3 is 0 Å². The lowest BCUT2D eigenvalue weighted by molar-refractivity contribution is 0.0924. The Hall–Kier alpha value is -5.49. The molecule has 0 saturated heterocycles. The first-order valence-corrected chi connectivity index (χ1v) is 13.8. The largest absolute Gasteiger partial charge is 0.478 e. The van der Waals surface area contributed by atoms with Crippen molar-refractivity contribution in [3.63, 3.8) is 0 Å². The Bertz CT molecular complexity index is 1910. The van der Waals surface area contributed by atoms with Crippen LogP contribution in [0.5, 0.6) is 5.75 Å². The van der Waals surface area contributed by atoms with Crippen LogP contribution in [0.2, 0.25) is 0 Å². The molecule has 1 aliphatic rings. The number of hydrogen-bond donors (Lipinski definition) is 2. The van der Waals surface area contributed by atoms with E-state index in [9.17, 15) is 14.0 Å². The summed E-state index contributed by atoms with van der Waals surface area (Å²) in [5, 5.41) is 15.5. The van der Waals surface area contributed by atoms with Crippen LogP contribution in [-0.4, -0.2) is 30.5 Å². The van der Waals surface area contributed by atoms with Crippen molar-refractivity contribution in [1.82, 2.24) is 15.6 Å². The molecular formula is C34H27FN4O4. The van der Waals surface area contributed by atoms with E-state index in [4.69, 9.17) is 14.4 Å². The van der Waals surface area contributed by atoms with E-state index >= 15 is 0 Å². The second-order valence-corrected chi connectivity index (χ2v) is 10.5. The first-order chi connectivity index (χ1) is 20.8. The highest BCUT2D eigenvalue weighted by Gasteiger charge is 2.47. The summed E-state index contributed by atoms with van der Waals surface area (Å²) in [7, 11) is 1.53. The Morgan fingerprint density at radius 2 is 1.81 bits per heavy atom. The van der Waals surface area contributed by atoms with Gasteiger partial charge in [0.05, 0.1) is 22.4 Å². The molecule has 2 amide bonds. The lowest BCUT2D eigenvalue weighted by Gasteiger charge is -2.19. The number of furan rings is 1. The molecule has 2 heterocycles. The fourth-order valence-electron chi connectivity index (χ4n) is 5.32. The maximum atomic E-state index is 13.7. The van der Waals surface area contributed by atoms with Gasteiger partial charge in [-0.25, -0.2) is 4.39 Å². The topological polar surface area (TPSA) is 117 Å². The van der Waals surface area contributed by atoms with Gasteiger partial charge in [-0.2, -0.15) is 5.26 Å². The van der Waals surface area contributed by atoms with Gasteiger partial charge in [-0.3, -0.25) is 14.6 Å². The molecule has 9 heteroatoms. The SMILES string of the molecule is CNC(=O)c1c(-c2ccc(F)cc2)oc2ccc(-c3cc(C(=O)NC4(c5ccccn5)CC4)c(OCC#N)cc3C)cc12. The number of benzene rings is 3. The zero-order chi connectivity index (χ0) is 30.1. The number of halogens is 1. The third kappa shape index (κ3) is 5.19. The molecule has 8 nitrogen and oxygen atoms in total. The normalized spacial score (nSPS) is 13.3. The molecule has 0 atom stereocenters. The number of fused-ring (bicyclic) bond motifs is 1. The predicted octanol–water partition coefficient (Wildman–Crippen LogP) is 6.29. The molecule has 1 fully saturated rings. The Balaban J connectivity index is 1.44. The van der Waals surface area contributed by atoms with Crippen molar-refractivity contribution in [2.75, 3.05) is 13.7 Å². The van der Waals surface area contributed by atoms with Crippen LogP contribution in [-0.2, 0) is 5.54 Å². The minimum Gasteiger partial charge on any atom is -0.478 e. The molecule has 2 N–H and O–H groups in total. The molecule has 1 aliphatic carbocycles. The molecule has 3 aromatic carbocycles. The maximum Gasteiger partial charge on any atom is 0.255 e. The summed E-state index contributed by atoms with van der Waals surface area (Å²) in [6.45, 7) is 1.67. The second kappa shape index (κ2) is 11.1. The Kier molecular flexibility index (Phi) is 7.12. The lowest BCUT2D eigenvalue weighted by Crippen LogP contribution is -2.35. The van der Waals surface area contributed by atoms with E-state index < -0.39 is 11.4 Å². The van der Waals surface area contributed by atoms with Crippen LogP contribution >= 0.6 is 0 Å². The van der Waals surface area contributed by atoms with E-state index in [0.29, 0.717) is 33.6 Å². The van der Waals surface area contributed by atoms with Crippen molar-refractivity contribution in [3.05, 3.63) is 107 Å². The van der Waals surface area contributed by atoms with Crippen molar-refractivity contribution >= 4 is 22.8 Å². The number of rotatable bonds is 8. The number of carbonyl (C=O) groups is 2. The Morgan fingerprint density at radius 3 is 2.49 bits per heavy atom. The van der Waals surface area contributed by atoms with E-state index in [1.807, 2.05) is 43.3 Å². The zero-order valence-electron chi connectivity index (χ0n) is 23.5. The van der Waals surface area contributed by atoms with Crippen molar-refractivity contribution < 1.29 is 23.1 Å². The highest BCUT2D eigenvalue weighted by molar-refractivity contribution is 6.12. The highest BCUT2D eigenvalue weighted by atomic mass is 19.1. The average Bonchev–Trinajstić information content (AvgIpc) is 3.71. The zero-order valence-corrected chi connectivity index (χ0v) is 23.5. The van der Waals surface area contributed by atoms with Crippen LogP contribution in [0, 0.1) is 24.1 Å². The highest BCUT2D eigenvalue weighted by Crippen LogP contribution is 2.45. The first kappa shape index (κ1) is 27.7. The minimum absolute atomic E-state index is 0.215. The Morgan fingerprint density at radius 1 is 1.05 bits per heavy atom. The van der Waals surface area contributed by atoms with E-state index in [1.165, 1.54) is 19.2 Å². The number of aryl methyl sites for hydroxylation is 1. The van der Waals surface area contributed by atoms with Gasteiger partial charge < -0.3 is 19.8 Å². The van der Waals surface area contributed by atoms with Gasteiger partial charge in [0.1, 0.15) is 29.0 Å². The van der Waals surface area contributed by atoms with Crippen LogP contribution in [0.15, 0.2) is 83.4 Å². The fourth-order valence-corrected chi connectivity index (χ4v) is 5.32. The van der Waals surface area contributed by atoms with Gasteiger partial charge in [-0.1, -0.05) is 12.1 Å². The number of carbonyl (C=O) groups excluding carboxylic acids is 2. The monoisotopic (exact) mass is 574 g/mol. The van der Waals surface area contributed by atoms with Crippen LogP contribution < -0.4 is 15.4 Å². The average molecular weight is 575 g/mol. The minimum atomic E-state index is -0.551. The number of amides is 2. The van der Waals surface area contributed by atoms with Crippen LogP contribution in [0.4, 0.5) is 4.39 Å². The van der Waals surface area contributed by atoms with E-state index in [1.54, 1.807) is 36.5 Å². The van der Waals surface area contributed by atoms with Gasteiger partial charge in [0, 0.05) is 24.2 Å². The smallest absolute Gasteiger partial charge is 0.255 e. The van der Waals surface area contributed by atoms with Crippen molar-refractivity contribution in [2.45, 2.75) is 25.3 Å². The summed E-state index contributed by atoms with van der Waals surface area (Å²) >= 11 is 0. The number of pyridine rings is 1. The van der Waals surface area contributed by atoms with Crippen LogP contribution in [0.1, 0.15) is 44.8 Å². The number of nitrogens with zero attached hydrogens (tertiary/aromatic N) is 2. The number of nitriles is 1. The van der Waals surface area contributed by atoms with Gasteiger partial charge in [-0.05, 0) is 97.1 Å². The Labute approximate surface area is 247 Å². The lowest BCUT2D eigenvalue weighted by atomic mass is 9.94. The number of nitrogens with one attached hydrogen (secondary N) is 2. The van der Waals surface area contributed by atoms with E-state index in [2.05, 4.69) is 15.6 Å². The van der Waals surface area contributed by atoms with Crippen LogP contribution in [0.25, 0.3) is 33.4 Å². The molecule has 6 rings (SSSR count). The first-order valence-electron chi connectivity index (χ1n) is 13.8. The summed E-state index contributed by atoms with van der Waals surface area (Å²) in [4.78, 5) is 31.2. The summed E-state index contributed by atoms with van der Waals surface area (Å²) in [6, 6.07) is 22.3. The van der Waals surface area contributed by atoms with Crippen molar-refractivity contribution in [3.8, 4) is 34.3 Å². The molecule has 5 aromatic rings. The van der Waals surface area contributed by atoms with Gasteiger partial charge in [-0.15, -0.1) is 0 Å². The van der Waals surface area contributed by atoms with Gasteiger partial charge in [0.2, 0.25) is 0 Å². The molecule has 0 unspecified atom stereocenters. The predicted molar refractivity (Wildman–Crippen MR) is 159 cm³/mol. The van der Waals surface area contributed by atoms with Gasteiger partial charge in [0.25, 0.3) is 11.8 Å². The number of hydrogen-bond acceptors (Lipinski definition) is 6. The molecule has 0 radical (unpaired) electrons. The summed E-state index contributed by atoms with van der Waals surface area (Å²) in [5.74, 6) is -0.462. The molecule has 0 bridgehead atoms. The van der Waals surface area contributed by atoms with Crippen molar-refractivity contribution in [1.29, 1.82) is 5.26 Å². The fraction of sp³-hybridized carbons (Fsp3) is 0.176. The standard InChI is InChI=1S/C34H27FN4O4/c1-20-17-28(42-16-14-36)26(32(40)39-34(12-13-34)29-5-3-4-15-38-29)19-24(20)22-8-11-27-25(18-22)30(33(41)37-2)31(43-27)21-6-9-23(35)10-7-21/h3-11,15,17-19H,12-13,16H2,1-2H3,(H,37,41)(H,39,40). The molecule has 2 aromatic heterocycles. The molecule has 0 aliphatic heterocycles. The molecule has 1 saturated carbocycles. The summed E-state index contributed by atoms with van der Waals surface area (Å²) in [6.07, 6.45) is 3.23. The number of ether oxygens (including phenoxy) is 1. The molecule has 0 spiro atoms. The van der Waals surface area contributed by atoms with E-state index in [-0.39, 0.29) is 24.0 Å². The van der Waals surface area contributed by atoms with Gasteiger partial charge in [0.15, 0.2) is 6.61 Å². The van der Waals surface area contributed by atoms with Crippen LogP contribution in [0.3, 0.4) is 0 Å². The summed E-state index contributed by atoms with van der Waals surface area (Å²) in [5.41, 5.74) is 4.18. The number of aromatic nitrogens is 1. The molecule has 214 valence electrons. The van der Waals surface area contributed by atoms with E-state index in [0.717, 1.165) is 35.2 Å². The summed E-state index contributed by atoms with van der Waals surface area (Å²) < 4.78 is 25.4. The quantitative estimate of drug-likeness (QED) is 0.225. The molecule has 43 heavy (non-hydrogen) atoms.